The number of aromatic nitrogens is 2. The lowest BCUT2D eigenvalue weighted by Gasteiger charge is -2.31. The first-order valence-corrected chi connectivity index (χ1v) is 10.9. The highest BCUT2D eigenvalue weighted by Gasteiger charge is 2.33. The summed E-state index contributed by atoms with van der Waals surface area (Å²) in [6.45, 7) is 1.10. The van der Waals surface area contributed by atoms with Crippen LogP contribution in [0.1, 0.15) is 58.1 Å². The van der Waals surface area contributed by atoms with E-state index in [4.69, 9.17) is 5.10 Å². The first-order valence-electron chi connectivity index (χ1n) is 10.9. The Kier molecular flexibility index (Phi) is 5.06. The van der Waals surface area contributed by atoms with Gasteiger partial charge in [-0.05, 0) is 68.1 Å². The topological polar surface area (TPSA) is 75.4 Å². The van der Waals surface area contributed by atoms with Crippen molar-refractivity contribution in [2.75, 3.05) is 13.1 Å². The van der Waals surface area contributed by atoms with Gasteiger partial charge in [0.05, 0.1) is 11.4 Å². The minimum Gasteiger partial charge on any atom is -0.508 e. The van der Waals surface area contributed by atoms with Crippen molar-refractivity contribution < 1.29 is 14.7 Å². The summed E-state index contributed by atoms with van der Waals surface area (Å²) >= 11 is 0. The molecule has 5 rings (SSSR count). The van der Waals surface area contributed by atoms with Crippen molar-refractivity contribution >= 4 is 11.7 Å². The molecular formula is C25H25N3O3. The monoisotopic (exact) mass is 415 g/mol. The van der Waals surface area contributed by atoms with Gasteiger partial charge in [0.25, 0.3) is 5.91 Å². The van der Waals surface area contributed by atoms with E-state index in [0.717, 1.165) is 24.2 Å². The molecule has 0 unspecified atom stereocenters. The van der Waals surface area contributed by atoms with Crippen LogP contribution in [0.4, 0.5) is 0 Å². The molecule has 0 spiro atoms. The number of para-hydroxylation sites is 1. The number of amides is 1. The maximum absolute atomic E-state index is 13.4. The summed E-state index contributed by atoms with van der Waals surface area (Å²) in [5.41, 5.74) is 3.08. The Hall–Kier alpha value is -3.41. The Bertz CT molecular complexity index is 1090. The number of carbonyl (C=O) groups excluding carboxylic acids is 2. The number of hydrogen-bond acceptors (Lipinski definition) is 4. The van der Waals surface area contributed by atoms with E-state index in [0.29, 0.717) is 43.1 Å². The zero-order valence-corrected chi connectivity index (χ0v) is 17.3. The fraction of sp³-hybridized carbons (Fsp3) is 0.320. The van der Waals surface area contributed by atoms with Crippen LogP contribution in [0.2, 0.25) is 0 Å². The molecule has 31 heavy (non-hydrogen) atoms. The van der Waals surface area contributed by atoms with Gasteiger partial charge in [-0.25, -0.2) is 4.68 Å². The molecule has 2 heterocycles. The molecule has 158 valence electrons. The first kappa shape index (κ1) is 19.5. The molecular weight excluding hydrogens is 390 g/mol. The van der Waals surface area contributed by atoms with Gasteiger partial charge in [-0.1, -0.05) is 18.2 Å². The first-order chi connectivity index (χ1) is 15.1. The summed E-state index contributed by atoms with van der Waals surface area (Å²) in [5, 5.41) is 14.2. The van der Waals surface area contributed by atoms with E-state index in [1.165, 1.54) is 12.1 Å². The number of aromatic hydroxyl groups is 1. The second-order valence-electron chi connectivity index (χ2n) is 8.45. The Morgan fingerprint density at radius 3 is 2.23 bits per heavy atom. The molecule has 1 saturated carbocycles. The van der Waals surface area contributed by atoms with Crippen LogP contribution in [0.5, 0.6) is 5.75 Å². The summed E-state index contributed by atoms with van der Waals surface area (Å²) in [6, 6.07) is 18.1. The van der Waals surface area contributed by atoms with Crippen LogP contribution in [0.3, 0.4) is 0 Å². The molecule has 6 heteroatoms. The molecule has 1 amide bonds. The van der Waals surface area contributed by atoms with Gasteiger partial charge in [-0.2, -0.15) is 5.10 Å². The molecule has 1 saturated heterocycles. The molecule has 3 aromatic rings. The number of piperidine rings is 1. The smallest absolute Gasteiger partial charge is 0.272 e. The van der Waals surface area contributed by atoms with E-state index in [1.54, 1.807) is 16.8 Å². The molecule has 6 nitrogen and oxygen atoms in total. The summed E-state index contributed by atoms with van der Waals surface area (Å²) < 4.78 is 1.77. The van der Waals surface area contributed by atoms with Gasteiger partial charge in [0, 0.05) is 30.5 Å². The van der Waals surface area contributed by atoms with E-state index >= 15 is 0 Å². The van der Waals surface area contributed by atoms with Crippen LogP contribution in [-0.4, -0.2) is 44.6 Å². The third kappa shape index (κ3) is 3.98. The van der Waals surface area contributed by atoms with Crippen LogP contribution in [0, 0.1) is 5.92 Å². The van der Waals surface area contributed by atoms with E-state index in [1.807, 2.05) is 41.3 Å². The molecule has 1 aliphatic heterocycles. The SMILES string of the molecule is O=C(c1ccc(O)cc1)C1CCN(C(=O)c2cc(C3CC3)nn2-c2ccccc2)CC1. The molecule has 0 bridgehead atoms. The van der Waals surface area contributed by atoms with Crippen molar-refractivity contribution in [3.63, 3.8) is 0 Å². The van der Waals surface area contributed by atoms with E-state index in [2.05, 4.69) is 0 Å². The third-order valence-corrected chi connectivity index (χ3v) is 6.25. The fourth-order valence-corrected chi connectivity index (χ4v) is 4.26. The molecule has 1 aromatic heterocycles. The number of benzene rings is 2. The van der Waals surface area contributed by atoms with Gasteiger partial charge in [-0.15, -0.1) is 0 Å². The standard InChI is InChI=1S/C25H25N3O3/c29-21-10-8-18(9-11-21)24(30)19-12-14-27(15-13-19)25(31)23-16-22(17-6-7-17)26-28(23)20-4-2-1-3-5-20/h1-5,8-11,16-17,19,29H,6-7,12-15H2. The lowest BCUT2D eigenvalue weighted by atomic mass is 9.88. The van der Waals surface area contributed by atoms with Crippen LogP contribution < -0.4 is 0 Å². The summed E-state index contributed by atoms with van der Waals surface area (Å²) in [6.07, 6.45) is 3.54. The number of hydrogen-bond donors (Lipinski definition) is 1. The predicted molar refractivity (Wildman–Crippen MR) is 117 cm³/mol. The minimum absolute atomic E-state index is 0.0289. The van der Waals surface area contributed by atoms with Crippen molar-refractivity contribution in [2.24, 2.45) is 5.92 Å². The van der Waals surface area contributed by atoms with Gasteiger partial charge < -0.3 is 10.0 Å². The lowest BCUT2D eigenvalue weighted by Crippen LogP contribution is -2.41. The Labute approximate surface area is 181 Å². The Morgan fingerprint density at radius 1 is 0.903 bits per heavy atom. The average Bonchev–Trinajstić information content (AvgIpc) is 3.57. The van der Waals surface area contributed by atoms with Crippen LogP contribution >= 0.6 is 0 Å². The highest BCUT2D eigenvalue weighted by molar-refractivity contribution is 5.98. The van der Waals surface area contributed by atoms with Crippen molar-refractivity contribution in [3.8, 4) is 11.4 Å². The largest absolute Gasteiger partial charge is 0.508 e. The number of carbonyl (C=O) groups is 2. The normalized spacial score (nSPS) is 17.0. The van der Waals surface area contributed by atoms with Gasteiger partial charge in [0.2, 0.25) is 0 Å². The quantitative estimate of drug-likeness (QED) is 0.634. The van der Waals surface area contributed by atoms with E-state index in [-0.39, 0.29) is 23.4 Å². The van der Waals surface area contributed by atoms with E-state index < -0.39 is 0 Å². The maximum Gasteiger partial charge on any atom is 0.272 e. The van der Waals surface area contributed by atoms with Crippen molar-refractivity contribution in [2.45, 2.75) is 31.6 Å². The van der Waals surface area contributed by atoms with Gasteiger partial charge in [0.1, 0.15) is 11.4 Å². The summed E-state index contributed by atoms with van der Waals surface area (Å²) in [5.74, 6) is 0.564. The Morgan fingerprint density at radius 2 is 1.58 bits per heavy atom. The highest BCUT2D eigenvalue weighted by atomic mass is 16.3. The number of phenols is 1. The van der Waals surface area contributed by atoms with Crippen molar-refractivity contribution in [1.29, 1.82) is 0 Å². The average molecular weight is 415 g/mol. The van der Waals surface area contributed by atoms with E-state index in [9.17, 15) is 14.7 Å². The second-order valence-corrected chi connectivity index (χ2v) is 8.45. The van der Waals surface area contributed by atoms with Crippen LogP contribution in [-0.2, 0) is 0 Å². The molecule has 2 aliphatic rings. The third-order valence-electron chi connectivity index (χ3n) is 6.25. The van der Waals surface area contributed by atoms with Crippen molar-refractivity contribution in [1.82, 2.24) is 14.7 Å². The minimum atomic E-state index is -0.102. The fourth-order valence-electron chi connectivity index (χ4n) is 4.26. The highest BCUT2D eigenvalue weighted by Crippen LogP contribution is 2.40. The molecule has 0 atom stereocenters. The molecule has 1 aliphatic carbocycles. The van der Waals surface area contributed by atoms with Gasteiger partial charge >= 0.3 is 0 Å². The predicted octanol–water partition coefficient (Wildman–Crippen LogP) is 4.19. The molecule has 2 fully saturated rings. The molecule has 1 N–H and O–H groups in total. The van der Waals surface area contributed by atoms with Crippen LogP contribution in [0.15, 0.2) is 60.7 Å². The number of nitrogens with zero attached hydrogens (tertiary/aromatic N) is 3. The number of rotatable bonds is 5. The van der Waals surface area contributed by atoms with Crippen LogP contribution in [0.25, 0.3) is 5.69 Å². The Balaban J connectivity index is 1.31. The number of likely N-dealkylation sites (tertiary alicyclic amines) is 1. The summed E-state index contributed by atoms with van der Waals surface area (Å²) in [4.78, 5) is 28.0. The molecule has 2 aromatic carbocycles. The molecule has 0 radical (unpaired) electrons. The number of Topliss-reactive ketones (excluding diaryl/α,β-unsaturated/α-hetero) is 1. The zero-order valence-electron chi connectivity index (χ0n) is 17.3. The van der Waals surface area contributed by atoms with Gasteiger partial charge in [0.15, 0.2) is 5.78 Å². The number of phenolic OH excluding ortho intramolecular Hbond substituents is 1. The lowest BCUT2D eigenvalue weighted by molar-refractivity contribution is 0.0643. The van der Waals surface area contributed by atoms with Gasteiger partial charge in [-0.3, -0.25) is 9.59 Å². The second kappa shape index (κ2) is 8.02. The zero-order chi connectivity index (χ0) is 21.4. The maximum atomic E-state index is 13.4. The summed E-state index contributed by atoms with van der Waals surface area (Å²) in [7, 11) is 0. The number of ketones is 1. The van der Waals surface area contributed by atoms with Crippen molar-refractivity contribution in [3.05, 3.63) is 77.6 Å².